The Morgan fingerprint density at radius 1 is 1.39 bits per heavy atom. The average molecular weight is 373 g/mol. The third-order valence-electron chi connectivity index (χ3n) is 2.17. The second kappa shape index (κ2) is 6.14. The van der Waals surface area contributed by atoms with Crippen molar-refractivity contribution in [3.8, 4) is 0 Å². The third kappa shape index (κ3) is 3.95. The minimum absolute atomic E-state index is 0.218. The molecule has 2 amide bonds. The Morgan fingerprint density at radius 3 is 2.72 bits per heavy atom. The summed E-state index contributed by atoms with van der Waals surface area (Å²) in [6, 6.07) is 7.41. The zero-order valence-corrected chi connectivity index (χ0v) is 12.7. The molecule has 0 aliphatic rings. The number of hydrogen-bond donors (Lipinski definition) is 2. The number of nitrogens with one attached hydrogen (secondary N) is 2. The lowest BCUT2D eigenvalue weighted by Gasteiger charge is -2.06. The summed E-state index contributed by atoms with van der Waals surface area (Å²) in [4.78, 5) is 15.9. The number of benzene rings is 1. The van der Waals surface area contributed by atoms with Gasteiger partial charge in [0.15, 0.2) is 0 Å². The molecule has 2 rings (SSSR count). The van der Waals surface area contributed by atoms with Gasteiger partial charge in [-0.05, 0) is 53.8 Å². The number of anilines is 1. The molecule has 18 heavy (non-hydrogen) atoms. The summed E-state index contributed by atoms with van der Waals surface area (Å²) in [5, 5.41) is 8.41. The van der Waals surface area contributed by atoms with E-state index in [1.54, 1.807) is 11.3 Å². The fourth-order valence-corrected chi connectivity index (χ4v) is 2.42. The van der Waals surface area contributed by atoms with E-state index in [1.165, 1.54) is 0 Å². The monoisotopic (exact) mass is 373 g/mol. The lowest BCUT2D eigenvalue weighted by atomic mass is 10.3. The van der Waals surface area contributed by atoms with E-state index in [0.29, 0.717) is 6.54 Å². The number of amides is 2. The first-order chi connectivity index (χ1) is 8.63. The van der Waals surface area contributed by atoms with E-state index >= 15 is 0 Å². The smallest absolute Gasteiger partial charge is 0.319 e. The van der Waals surface area contributed by atoms with Gasteiger partial charge in [0.2, 0.25) is 0 Å². The van der Waals surface area contributed by atoms with Gasteiger partial charge in [0.05, 0.1) is 6.54 Å². The quantitative estimate of drug-likeness (QED) is 0.811. The first kappa shape index (κ1) is 13.3. The Morgan fingerprint density at radius 2 is 2.11 bits per heavy atom. The van der Waals surface area contributed by atoms with E-state index in [0.717, 1.165) is 20.0 Å². The molecule has 1 aromatic carbocycles. The van der Waals surface area contributed by atoms with E-state index in [9.17, 15) is 4.79 Å². The van der Waals surface area contributed by atoms with Crippen molar-refractivity contribution in [1.82, 2.24) is 10.3 Å². The zero-order chi connectivity index (χ0) is 13.0. The van der Waals surface area contributed by atoms with Crippen LogP contribution >= 0.6 is 33.9 Å². The average Bonchev–Trinajstić information content (AvgIpc) is 2.76. The van der Waals surface area contributed by atoms with Gasteiger partial charge in [-0.25, -0.2) is 9.78 Å². The van der Waals surface area contributed by atoms with Crippen molar-refractivity contribution in [2.75, 3.05) is 5.32 Å². The summed E-state index contributed by atoms with van der Waals surface area (Å²) >= 11 is 3.77. The van der Waals surface area contributed by atoms with Gasteiger partial charge in [-0.2, -0.15) is 0 Å². The number of thiazole rings is 1. The van der Waals surface area contributed by atoms with E-state index in [1.807, 2.05) is 36.6 Å². The molecule has 0 aliphatic heterocycles. The molecule has 2 N–H and O–H groups in total. The molecule has 1 heterocycles. The number of carbonyl (C=O) groups is 1. The van der Waals surface area contributed by atoms with Crippen molar-refractivity contribution in [2.24, 2.45) is 0 Å². The largest absolute Gasteiger partial charge is 0.331 e. The number of carbonyl (C=O) groups excluding carboxylic acids is 1. The molecular formula is C12H12IN3OS. The second-order valence-corrected chi connectivity index (χ2v) is 5.89. The number of hydrogen-bond acceptors (Lipinski definition) is 3. The van der Waals surface area contributed by atoms with Gasteiger partial charge >= 0.3 is 6.03 Å². The normalized spacial score (nSPS) is 10.1. The predicted octanol–water partition coefficient (Wildman–Crippen LogP) is 3.38. The summed E-state index contributed by atoms with van der Waals surface area (Å²) in [6.45, 7) is 2.39. The minimum atomic E-state index is -0.218. The maximum absolute atomic E-state index is 11.6. The predicted molar refractivity (Wildman–Crippen MR) is 81.9 cm³/mol. The van der Waals surface area contributed by atoms with Crippen molar-refractivity contribution < 1.29 is 4.79 Å². The van der Waals surface area contributed by atoms with E-state index in [-0.39, 0.29) is 6.03 Å². The van der Waals surface area contributed by atoms with Crippen LogP contribution in [0.25, 0.3) is 0 Å². The topological polar surface area (TPSA) is 54.0 Å². The maximum Gasteiger partial charge on any atom is 0.319 e. The molecule has 0 saturated heterocycles. The van der Waals surface area contributed by atoms with Crippen LogP contribution in [0.4, 0.5) is 10.5 Å². The SMILES string of the molecule is Cc1csc(CNC(=O)Nc2ccc(I)cc2)n1. The molecule has 0 atom stereocenters. The van der Waals surface area contributed by atoms with Gasteiger partial charge in [0, 0.05) is 20.3 Å². The Kier molecular flexibility index (Phi) is 4.54. The third-order valence-corrected chi connectivity index (χ3v) is 3.85. The van der Waals surface area contributed by atoms with Crippen LogP contribution in [0.1, 0.15) is 10.7 Å². The van der Waals surface area contributed by atoms with Crippen molar-refractivity contribution in [1.29, 1.82) is 0 Å². The molecular weight excluding hydrogens is 361 g/mol. The van der Waals surface area contributed by atoms with Crippen LogP contribution in [0.3, 0.4) is 0 Å². The molecule has 0 unspecified atom stereocenters. The Bertz CT molecular complexity index is 539. The summed E-state index contributed by atoms with van der Waals surface area (Å²) in [6.07, 6.45) is 0. The summed E-state index contributed by atoms with van der Waals surface area (Å²) < 4.78 is 1.14. The van der Waals surface area contributed by atoms with E-state index in [4.69, 9.17) is 0 Å². The lowest BCUT2D eigenvalue weighted by molar-refractivity contribution is 0.251. The zero-order valence-electron chi connectivity index (χ0n) is 9.74. The summed E-state index contributed by atoms with van der Waals surface area (Å²) in [7, 11) is 0. The molecule has 94 valence electrons. The van der Waals surface area contributed by atoms with Gasteiger partial charge in [-0.15, -0.1) is 11.3 Å². The molecule has 0 bridgehead atoms. The number of rotatable bonds is 3. The minimum Gasteiger partial charge on any atom is -0.331 e. The fraction of sp³-hybridized carbons (Fsp3) is 0.167. The molecule has 0 saturated carbocycles. The van der Waals surface area contributed by atoms with Crippen LogP contribution in [-0.2, 0) is 6.54 Å². The van der Waals surface area contributed by atoms with Gasteiger partial charge in [-0.1, -0.05) is 0 Å². The van der Waals surface area contributed by atoms with Gasteiger partial charge < -0.3 is 10.6 Å². The Labute approximate surface area is 123 Å². The van der Waals surface area contributed by atoms with Gasteiger partial charge in [0.1, 0.15) is 5.01 Å². The van der Waals surface area contributed by atoms with Crippen LogP contribution in [0, 0.1) is 10.5 Å². The van der Waals surface area contributed by atoms with E-state index in [2.05, 4.69) is 38.2 Å². The Balaban J connectivity index is 1.83. The number of urea groups is 1. The summed E-state index contributed by atoms with van der Waals surface area (Å²) in [5.41, 5.74) is 1.76. The van der Waals surface area contributed by atoms with Gasteiger partial charge in [-0.3, -0.25) is 0 Å². The maximum atomic E-state index is 11.6. The van der Waals surface area contributed by atoms with Crippen molar-refractivity contribution in [3.63, 3.8) is 0 Å². The molecule has 0 aliphatic carbocycles. The highest BCUT2D eigenvalue weighted by molar-refractivity contribution is 14.1. The number of nitrogens with zero attached hydrogens (tertiary/aromatic N) is 1. The van der Waals surface area contributed by atoms with Crippen molar-refractivity contribution in [2.45, 2.75) is 13.5 Å². The highest BCUT2D eigenvalue weighted by atomic mass is 127. The molecule has 2 aromatic rings. The summed E-state index contributed by atoms with van der Waals surface area (Å²) in [5.74, 6) is 0. The Hall–Kier alpha value is -1.15. The highest BCUT2D eigenvalue weighted by Crippen LogP contribution is 2.11. The standard InChI is InChI=1S/C12H12IN3OS/c1-8-7-18-11(15-8)6-14-12(17)16-10-4-2-9(13)3-5-10/h2-5,7H,6H2,1H3,(H2,14,16,17). The molecule has 6 heteroatoms. The van der Waals surface area contributed by atoms with Crippen molar-refractivity contribution >= 4 is 45.6 Å². The first-order valence-corrected chi connectivity index (χ1v) is 7.31. The number of aromatic nitrogens is 1. The molecule has 4 nitrogen and oxygen atoms in total. The fourth-order valence-electron chi connectivity index (χ4n) is 1.35. The highest BCUT2D eigenvalue weighted by Gasteiger charge is 2.03. The molecule has 0 fully saturated rings. The molecule has 1 aromatic heterocycles. The van der Waals surface area contributed by atoms with Crippen LogP contribution < -0.4 is 10.6 Å². The van der Waals surface area contributed by atoms with E-state index < -0.39 is 0 Å². The van der Waals surface area contributed by atoms with Gasteiger partial charge in [0.25, 0.3) is 0 Å². The van der Waals surface area contributed by atoms with Crippen LogP contribution in [0.2, 0.25) is 0 Å². The van der Waals surface area contributed by atoms with Crippen LogP contribution in [-0.4, -0.2) is 11.0 Å². The van der Waals surface area contributed by atoms with Crippen molar-refractivity contribution in [3.05, 3.63) is 43.9 Å². The number of halogens is 1. The molecule has 0 spiro atoms. The first-order valence-electron chi connectivity index (χ1n) is 5.35. The molecule has 0 radical (unpaired) electrons. The lowest BCUT2D eigenvalue weighted by Crippen LogP contribution is -2.28. The second-order valence-electron chi connectivity index (χ2n) is 3.70. The van der Waals surface area contributed by atoms with Crippen LogP contribution in [0.15, 0.2) is 29.6 Å². The van der Waals surface area contributed by atoms with Crippen LogP contribution in [0.5, 0.6) is 0 Å². The number of aryl methyl sites for hydroxylation is 1.